The van der Waals surface area contributed by atoms with Crippen molar-refractivity contribution in [1.29, 1.82) is 0 Å². The first-order valence-corrected chi connectivity index (χ1v) is 17.4. The SMILES string of the molecule is CC1(C)c2ccccc2-c2ccc(-c3ccccc3N(c3ccccc3)c3cccc(-c4cccc5c4C(C)(C)c4ccccc4-5)c3)cc21. The topological polar surface area (TPSA) is 3.24 Å². The number of para-hydroxylation sites is 2. The van der Waals surface area contributed by atoms with Gasteiger partial charge >= 0.3 is 0 Å². The lowest BCUT2D eigenvalue weighted by molar-refractivity contribution is 0.660. The summed E-state index contributed by atoms with van der Waals surface area (Å²) in [4.78, 5) is 2.43. The molecule has 2 aliphatic carbocycles. The van der Waals surface area contributed by atoms with Gasteiger partial charge < -0.3 is 4.90 Å². The molecular weight excluding hydrogens is 591 g/mol. The van der Waals surface area contributed by atoms with E-state index in [1.54, 1.807) is 0 Å². The fourth-order valence-electron chi connectivity index (χ4n) is 8.69. The van der Waals surface area contributed by atoms with Crippen molar-refractivity contribution in [2.24, 2.45) is 0 Å². The molecule has 0 saturated carbocycles. The van der Waals surface area contributed by atoms with Crippen LogP contribution in [0.25, 0.3) is 44.5 Å². The molecule has 0 fully saturated rings. The Morgan fingerprint density at radius 1 is 0.347 bits per heavy atom. The van der Waals surface area contributed by atoms with Crippen LogP contribution in [0.3, 0.4) is 0 Å². The molecule has 0 saturated heterocycles. The minimum absolute atomic E-state index is 0.0618. The van der Waals surface area contributed by atoms with Gasteiger partial charge in [0.1, 0.15) is 0 Å². The first-order valence-electron chi connectivity index (χ1n) is 17.4. The van der Waals surface area contributed by atoms with Gasteiger partial charge in [0.2, 0.25) is 0 Å². The van der Waals surface area contributed by atoms with Gasteiger partial charge in [0, 0.05) is 27.8 Å². The summed E-state index contributed by atoms with van der Waals surface area (Å²) < 4.78 is 0. The highest BCUT2D eigenvalue weighted by Crippen LogP contribution is 2.53. The van der Waals surface area contributed by atoms with Crippen molar-refractivity contribution in [3.05, 3.63) is 186 Å². The van der Waals surface area contributed by atoms with Crippen LogP contribution in [0.2, 0.25) is 0 Å². The Morgan fingerprint density at radius 3 is 1.65 bits per heavy atom. The molecular formula is C48H39N. The van der Waals surface area contributed by atoms with Crippen molar-refractivity contribution in [3.8, 4) is 44.5 Å². The molecule has 1 heteroatoms. The van der Waals surface area contributed by atoms with Crippen molar-refractivity contribution in [1.82, 2.24) is 0 Å². The molecule has 1 nitrogen and oxygen atoms in total. The summed E-state index contributed by atoms with van der Waals surface area (Å²) in [6.45, 7) is 9.45. The van der Waals surface area contributed by atoms with Gasteiger partial charge in [0.15, 0.2) is 0 Å². The van der Waals surface area contributed by atoms with Gasteiger partial charge in [0.05, 0.1) is 5.69 Å². The normalized spacial score (nSPS) is 14.4. The molecule has 0 heterocycles. The maximum absolute atomic E-state index is 2.43. The molecule has 9 rings (SSSR count). The van der Waals surface area contributed by atoms with E-state index in [-0.39, 0.29) is 10.8 Å². The molecule has 0 N–H and O–H groups in total. The Kier molecular flexibility index (Phi) is 6.58. The van der Waals surface area contributed by atoms with Crippen LogP contribution in [0.4, 0.5) is 17.1 Å². The lowest BCUT2D eigenvalue weighted by Crippen LogP contribution is -2.16. The Hall–Kier alpha value is -5.66. The summed E-state index contributed by atoms with van der Waals surface area (Å²) in [5.74, 6) is 0. The smallest absolute Gasteiger partial charge is 0.0540 e. The zero-order valence-corrected chi connectivity index (χ0v) is 28.5. The van der Waals surface area contributed by atoms with E-state index in [0.717, 1.165) is 17.1 Å². The summed E-state index contributed by atoms with van der Waals surface area (Å²) in [6, 6.07) is 60.4. The quantitative estimate of drug-likeness (QED) is 0.183. The zero-order valence-electron chi connectivity index (χ0n) is 28.5. The van der Waals surface area contributed by atoms with Crippen LogP contribution in [0.1, 0.15) is 49.9 Å². The minimum Gasteiger partial charge on any atom is -0.310 e. The van der Waals surface area contributed by atoms with Crippen LogP contribution in [0.15, 0.2) is 164 Å². The van der Waals surface area contributed by atoms with Gasteiger partial charge in [-0.3, -0.25) is 0 Å². The first-order chi connectivity index (χ1) is 23.8. The van der Waals surface area contributed by atoms with Gasteiger partial charge in [-0.1, -0.05) is 155 Å². The highest BCUT2D eigenvalue weighted by Gasteiger charge is 2.38. The summed E-state index contributed by atoms with van der Waals surface area (Å²) in [5, 5.41) is 0. The maximum Gasteiger partial charge on any atom is 0.0540 e. The lowest BCUT2D eigenvalue weighted by atomic mass is 9.79. The Bertz CT molecular complexity index is 2390. The van der Waals surface area contributed by atoms with E-state index in [4.69, 9.17) is 0 Å². The molecule has 0 atom stereocenters. The Morgan fingerprint density at radius 2 is 0.878 bits per heavy atom. The second-order valence-corrected chi connectivity index (χ2v) is 14.6. The first kappa shape index (κ1) is 29.5. The summed E-state index contributed by atoms with van der Waals surface area (Å²) in [6.07, 6.45) is 0. The molecule has 236 valence electrons. The van der Waals surface area contributed by atoms with E-state index < -0.39 is 0 Å². The third-order valence-electron chi connectivity index (χ3n) is 11.0. The predicted octanol–water partition coefficient (Wildman–Crippen LogP) is 13.1. The van der Waals surface area contributed by atoms with E-state index in [1.165, 1.54) is 66.8 Å². The second-order valence-electron chi connectivity index (χ2n) is 14.6. The van der Waals surface area contributed by atoms with Crippen LogP contribution < -0.4 is 4.90 Å². The fraction of sp³-hybridized carbons (Fsp3) is 0.125. The van der Waals surface area contributed by atoms with E-state index in [0.29, 0.717) is 0 Å². The molecule has 0 unspecified atom stereocenters. The van der Waals surface area contributed by atoms with Crippen LogP contribution >= 0.6 is 0 Å². The van der Waals surface area contributed by atoms with Crippen molar-refractivity contribution >= 4 is 17.1 Å². The van der Waals surface area contributed by atoms with Crippen LogP contribution in [-0.2, 0) is 10.8 Å². The summed E-state index contributed by atoms with van der Waals surface area (Å²) in [7, 11) is 0. The largest absolute Gasteiger partial charge is 0.310 e. The number of hydrogen-bond donors (Lipinski definition) is 0. The maximum atomic E-state index is 2.43. The average molecular weight is 630 g/mol. The van der Waals surface area contributed by atoms with Crippen LogP contribution in [0.5, 0.6) is 0 Å². The summed E-state index contributed by atoms with van der Waals surface area (Å²) >= 11 is 0. The highest BCUT2D eigenvalue weighted by atomic mass is 15.1. The third kappa shape index (κ3) is 4.46. The van der Waals surface area contributed by atoms with Gasteiger partial charge in [0.25, 0.3) is 0 Å². The standard InChI is InChI=1S/C48H39N/c1-47(2)42-25-11-8-21-38(42)40-29-28-33(31-44(40)47)36-20-10-13-27-45(36)49(34-17-6-5-7-18-34)35-19-14-16-32(30-35)37-23-15-24-41-39-22-9-12-26-43(39)48(3,4)46(37)41/h5-31H,1-4H3. The molecule has 0 spiro atoms. The van der Waals surface area contributed by atoms with Gasteiger partial charge in [-0.25, -0.2) is 0 Å². The van der Waals surface area contributed by atoms with Gasteiger partial charge in [-0.15, -0.1) is 0 Å². The zero-order chi connectivity index (χ0) is 33.3. The van der Waals surface area contributed by atoms with Crippen molar-refractivity contribution in [2.75, 3.05) is 4.90 Å². The molecule has 0 radical (unpaired) electrons. The molecule has 49 heavy (non-hydrogen) atoms. The van der Waals surface area contributed by atoms with Crippen molar-refractivity contribution < 1.29 is 0 Å². The van der Waals surface area contributed by atoms with Crippen LogP contribution in [0, 0.1) is 0 Å². The van der Waals surface area contributed by atoms with Gasteiger partial charge in [-0.2, -0.15) is 0 Å². The molecule has 0 bridgehead atoms. The number of anilines is 3. The molecule has 0 aromatic heterocycles. The minimum atomic E-state index is -0.0920. The summed E-state index contributed by atoms with van der Waals surface area (Å²) in [5.41, 5.74) is 19.2. The molecule has 7 aromatic carbocycles. The van der Waals surface area contributed by atoms with Gasteiger partial charge in [-0.05, 0) is 97.6 Å². The van der Waals surface area contributed by atoms with Crippen LogP contribution in [-0.4, -0.2) is 0 Å². The number of nitrogens with zero attached hydrogens (tertiary/aromatic N) is 1. The molecule has 0 aliphatic heterocycles. The van der Waals surface area contributed by atoms with E-state index in [9.17, 15) is 0 Å². The number of benzene rings is 7. The second kappa shape index (κ2) is 10.9. The Labute approximate surface area is 290 Å². The lowest BCUT2D eigenvalue weighted by Gasteiger charge is -2.29. The average Bonchev–Trinajstić information content (AvgIpc) is 3.52. The molecule has 0 amide bonds. The molecule has 7 aromatic rings. The highest BCUT2D eigenvalue weighted by molar-refractivity contribution is 5.93. The van der Waals surface area contributed by atoms with E-state index in [2.05, 4.69) is 196 Å². The van der Waals surface area contributed by atoms with E-state index >= 15 is 0 Å². The number of rotatable bonds is 5. The predicted molar refractivity (Wildman–Crippen MR) is 207 cm³/mol. The van der Waals surface area contributed by atoms with E-state index in [1.807, 2.05) is 0 Å². The number of hydrogen-bond acceptors (Lipinski definition) is 1. The third-order valence-corrected chi connectivity index (χ3v) is 11.0. The van der Waals surface area contributed by atoms with Crippen molar-refractivity contribution in [2.45, 2.75) is 38.5 Å². The Balaban J connectivity index is 1.20. The fourth-order valence-corrected chi connectivity index (χ4v) is 8.69. The monoisotopic (exact) mass is 629 g/mol. The van der Waals surface area contributed by atoms with Crippen molar-refractivity contribution in [3.63, 3.8) is 0 Å². The number of fused-ring (bicyclic) bond motifs is 6. The molecule has 2 aliphatic rings.